The van der Waals surface area contributed by atoms with E-state index in [2.05, 4.69) is 243 Å². The molecule has 0 N–H and O–H groups in total. The molecule has 0 saturated carbocycles. The van der Waals surface area contributed by atoms with E-state index in [-0.39, 0.29) is 5.41 Å². The molecule has 284 valence electrons. The molecule has 0 unspecified atom stereocenters. The van der Waals surface area contributed by atoms with Crippen LogP contribution in [0.5, 0.6) is 0 Å². The largest absolute Gasteiger partial charge is 0.310 e. The Hall–Kier alpha value is -7.48. The molecule has 0 heterocycles. The summed E-state index contributed by atoms with van der Waals surface area (Å²) in [5.41, 5.74) is 18.2. The molecule has 11 rings (SSSR count). The zero-order valence-electron chi connectivity index (χ0n) is 33.8. The predicted octanol–water partition coefficient (Wildman–Crippen LogP) is 16.4. The maximum absolute atomic E-state index is 2.49. The Morgan fingerprint density at radius 3 is 1.60 bits per heavy atom. The summed E-state index contributed by atoms with van der Waals surface area (Å²) in [4.78, 5) is 2.49. The van der Waals surface area contributed by atoms with Crippen molar-refractivity contribution >= 4 is 38.6 Å². The van der Waals surface area contributed by atoms with Gasteiger partial charge in [-0.3, -0.25) is 0 Å². The van der Waals surface area contributed by atoms with Gasteiger partial charge in [-0.15, -0.1) is 0 Å². The summed E-state index contributed by atoms with van der Waals surface area (Å²) in [6.07, 6.45) is 0. The molecule has 0 aliphatic heterocycles. The highest BCUT2D eigenvalue weighted by molar-refractivity contribution is 6.14. The lowest BCUT2D eigenvalue weighted by atomic mass is 9.82. The molecule has 1 aliphatic carbocycles. The highest BCUT2D eigenvalue weighted by atomic mass is 15.1. The molecule has 0 aromatic heterocycles. The van der Waals surface area contributed by atoms with Crippen LogP contribution in [0.4, 0.5) is 17.1 Å². The summed E-state index contributed by atoms with van der Waals surface area (Å²) in [6.45, 7) is 4.71. The second-order valence-electron chi connectivity index (χ2n) is 16.5. The third kappa shape index (κ3) is 5.85. The van der Waals surface area contributed by atoms with E-state index in [1.165, 1.54) is 88.3 Å². The summed E-state index contributed by atoms with van der Waals surface area (Å²) < 4.78 is 0. The van der Waals surface area contributed by atoms with Crippen LogP contribution in [0.2, 0.25) is 0 Å². The molecule has 0 spiro atoms. The van der Waals surface area contributed by atoms with Gasteiger partial charge in [0.05, 0.1) is 5.69 Å². The Morgan fingerprint density at radius 1 is 0.317 bits per heavy atom. The third-order valence-corrected chi connectivity index (χ3v) is 12.7. The lowest BCUT2D eigenvalue weighted by Gasteiger charge is -2.31. The van der Waals surface area contributed by atoms with E-state index in [9.17, 15) is 0 Å². The van der Waals surface area contributed by atoms with Gasteiger partial charge in [-0.25, -0.2) is 0 Å². The van der Waals surface area contributed by atoms with E-state index in [1.54, 1.807) is 0 Å². The third-order valence-electron chi connectivity index (χ3n) is 12.7. The van der Waals surface area contributed by atoms with E-state index in [1.807, 2.05) is 0 Å². The highest BCUT2D eigenvalue weighted by Crippen LogP contribution is 2.53. The first-order valence-corrected chi connectivity index (χ1v) is 20.9. The zero-order valence-corrected chi connectivity index (χ0v) is 33.8. The molecule has 0 fully saturated rings. The maximum Gasteiger partial charge on any atom is 0.0546 e. The van der Waals surface area contributed by atoms with Crippen LogP contribution in [-0.4, -0.2) is 0 Å². The fraction of sp³-hybridized carbons (Fsp3) is 0.0508. The van der Waals surface area contributed by atoms with Crippen molar-refractivity contribution in [2.24, 2.45) is 0 Å². The van der Waals surface area contributed by atoms with Gasteiger partial charge in [0.1, 0.15) is 0 Å². The molecule has 10 aromatic carbocycles. The molecule has 60 heavy (non-hydrogen) atoms. The van der Waals surface area contributed by atoms with E-state index >= 15 is 0 Å². The van der Waals surface area contributed by atoms with Crippen molar-refractivity contribution in [2.75, 3.05) is 4.90 Å². The van der Waals surface area contributed by atoms with Gasteiger partial charge >= 0.3 is 0 Å². The first-order chi connectivity index (χ1) is 29.5. The molecule has 0 amide bonds. The Labute approximate surface area is 352 Å². The predicted molar refractivity (Wildman–Crippen MR) is 255 cm³/mol. The van der Waals surface area contributed by atoms with E-state index in [0.717, 1.165) is 17.1 Å². The number of nitrogens with zero attached hydrogens (tertiary/aromatic N) is 1. The minimum atomic E-state index is -0.0907. The quantitative estimate of drug-likeness (QED) is 0.146. The van der Waals surface area contributed by atoms with Crippen LogP contribution < -0.4 is 4.90 Å². The monoisotopic (exact) mass is 765 g/mol. The summed E-state index contributed by atoms with van der Waals surface area (Å²) in [5, 5.41) is 5.06. The van der Waals surface area contributed by atoms with Gasteiger partial charge in [-0.05, 0) is 119 Å². The highest BCUT2D eigenvalue weighted by Gasteiger charge is 2.36. The molecular formula is C59H43N. The molecule has 0 saturated heterocycles. The molecule has 0 bridgehead atoms. The van der Waals surface area contributed by atoms with Crippen molar-refractivity contribution in [1.82, 2.24) is 0 Å². The standard InChI is InChI=1S/C59H43N/c1-59(2)55-30-16-15-27-51(55)54-39-45(36-37-56(54)59)60(44-34-32-42(33-35-44)53-38-43-22-9-10-24-47(43)49-25-12-13-26-50(49)53)57-31-17-29-48(41-20-7-4-8-21-41)58(57)52-28-14-11-23-46(52)40-18-5-3-6-19-40/h3-39H,1-2H3. The second kappa shape index (κ2) is 14.4. The first-order valence-electron chi connectivity index (χ1n) is 20.9. The molecular weight excluding hydrogens is 723 g/mol. The molecule has 0 radical (unpaired) electrons. The first kappa shape index (κ1) is 35.7. The van der Waals surface area contributed by atoms with E-state index < -0.39 is 0 Å². The number of hydrogen-bond acceptors (Lipinski definition) is 1. The number of fused-ring (bicyclic) bond motifs is 6. The fourth-order valence-corrected chi connectivity index (χ4v) is 9.80. The van der Waals surface area contributed by atoms with Gasteiger partial charge in [-0.1, -0.05) is 202 Å². The molecule has 0 atom stereocenters. The lowest BCUT2D eigenvalue weighted by Crippen LogP contribution is -2.15. The molecule has 1 heteroatoms. The van der Waals surface area contributed by atoms with Crippen LogP contribution in [0.1, 0.15) is 25.0 Å². The van der Waals surface area contributed by atoms with E-state index in [0.29, 0.717) is 0 Å². The van der Waals surface area contributed by atoms with Crippen LogP contribution in [0.15, 0.2) is 224 Å². The Kier molecular flexibility index (Phi) is 8.57. The number of anilines is 3. The Bertz CT molecular complexity index is 3210. The summed E-state index contributed by atoms with van der Waals surface area (Å²) in [7, 11) is 0. The van der Waals surface area contributed by atoms with Crippen molar-refractivity contribution < 1.29 is 0 Å². The van der Waals surface area contributed by atoms with Crippen molar-refractivity contribution in [3.63, 3.8) is 0 Å². The molecule has 1 aliphatic rings. The smallest absolute Gasteiger partial charge is 0.0546 e. The van der Waals surface area contributed by atoms with Crippen LogP contribution >= 0.6 is 0 Å². The van der Waals surface area contributed by atoms with Crippen LogP contribution in [0, 0.1) is 0 Å². The Morgan fingerprint density at radius 2 is 0.850 bits per heavy atom. The van der Waals surface area contributed by atoms with Gasteiger partial charge in [0.15, 0.2) is 0 Å². The topological polar surface area (TPSA) is 3.24 Å². The van der Waals surface area contributed by atoms with Gasteiger partial charge in [0, 0.05) is 22.4 Å². The minimum Gasteiger partial charge on any atom is -0.310 e. The van der Waals surface area contributed by atoms with Gasteiger partial charge in [-0.2, -0.15) is 0 Å². The van der Waals surface area contributed by atoms with Crippen LogP contribution in [-0.2, 0) is 5.41 Å². The van der Waals surface area contributed by atoms with Gasteiger partial charge in [0.25, 0.3) is 0 Å². The zero-order chi connectivity index (χ0) is 40.2. The second-order valence-corrected chi connectivity index (χ2v) is 16.5. The van der Waals surface area contributed by atoms with Crippen molar-refractivity contribution in [3.05, 3.63) is 236 Å². The van der Waals surface area contributed by atoms with Gasteiger partial charge < -0.3 is 4.90 Å². The lowest BCUT2D eigenvalue weighted by molar-refractivity contribution is 0.660. The minimum absolute atomic E-state index is 0.0907. The maximum atomic E-state index is 2.49. The SMILES string of the molecule is CC1(C)c2ccccc2-c2cc(N(c3ccc(-c4cc5ccccc5c5ccccc45)cc3)c3cccc(-c4ccccc4)c3-c3ccccc3-c3ccccc3)ccc21. The normalized spacial score (nSPS) is 12.6. The van der Waals surface area contributed by atoms with Crippen molar-refractivity contribution in [1.29, 1.82) is 0 Å². The fourth-order valence-electron chi connectivity index (χ4n) is 9.80. The number of benzene rings is 10. The summed E-state index contributed by atoms with van der Waals surface area (Å²) in [5.74, 6) is 0. The average molecular weight is 766 g/mol. The van der Waals surface area contributed by atoms with E-state index in [4.69, 9.17) is 0 Å². The van der Waals surface area contributed by atoms with Crippen LogP contribution in [0.3, 0.4) is 0 Å². The summed E-state index contributed by atoms with van der Waals surface area (Å²) >= 11 is 0. The number of hydrogen-bond donors (Lipinski definition) is 0. The molecule has 10 aromatic rings. The van der Waals surface area contributed by atoms with Crippen molar-refractivity contribution in [2.45, 2.75) is 19.3 Å². The Balaban J connectivity index is 1.17. The average Bonchev–Trinajstić information content (AvgIpc) is 3.54. The van der Waals surface area contributed by atoms with Crippen molar-refractivity contribution in [3.8, 4) is 55.6 Å². The van der Waals surface area contributed by atoms with Crippen LogP contribution in [0.25, 0.3) is 77.2 Å². The number of rotatable bonds is 7. The van der Waals surface area contributed by atoms with Gasteiger partial charge in [0.2, 0.25) is 0 Å². The summed E-state index contributed by atoms with van der Waals surface area (Å²) in [6, 6.07) is 82.5. The molecule has 1 nitrogen and oxygen atoms in total.